The molecule has 0 saturated carbocycles. The molecular formula is C64H42N4O. The van der Waals surface area contributed by atoms with Crippen molar-refractivity contribution in [3.05, 3.63) is 255 Å². The maximum atomic E-state index is 6.24. The van der Waals surface area contributed by atoms with Crippen molar-refractivity contribution < 1.29 is 4.42 Å². The van der Waals surface area contributed by atoms with Crippen LogP contribution >= 0.6 is 0 Å². The van der Waals surface area contributed by atoms with Crippen LogP contribution in [0, 0.1) is 0 Å². The summed E-state index contributed by atoms with van der Waals surface area (Å²) in [5, 5.41) is 0. The van der Waals surface area contributed by atoms with Gasteiger partial charge in [-0.25, -0.2) is 19.9 Å². The minimum atomic E-state index is 0.590. The standard InChI is InChI=1S/C64H42N4O/c1-5-15-43(16-6-1)45-25-29-47(30-26-45)55-41-42-56(48-31-27-46(28-32-48)44-17-7-2-8-18-44)60(50-35-39-54(40-36-50)64-65-57-23-13-14-24-58(57)69-64)59(55)49-33-37-53(38-34-49)63-67-61(51-19-9-3-10-20-51)66-62(68-63)52-21-11-4-12-22-52/h1-42H. The number of hydrogen-bond donors (Lipinski definition) is 0. The maximum Gasteiger partial charge on any atom is 0.227 e. The van der Waals surface area contributed by atoms with Crippen molar-refractivity contribution in [2.24, 2.45) is 0 Å². The van der Waals surface area contributed by atoms with Crippen LogP contribution in [-0.2, 0) is 0 Å². The van der Waals surface area contributed by atoms with Crippen LogP contribution < -0.4 is 0 Å². The zero-order valence-corrected chi connectivity index (χ0v) is 37.4. The largest absolute Gasteiger partial charge is 0.436 e. The van der Waals surface area contributed by atoms with E-state index in [1.807, 2.05) is 84.9 Å². The van der Waals surface area contributed by atoms with E-state index in [-0.39, 0.29) is 0 Å². The molecule has 0 amide bonds. The molecule has 0 aliphatic rings. The maximum absolute atomic E-state index is 6.24. The van der Waals surface area contributed by atoms with Crippen molar-refractivity contribution in [2.75, 3.05) is 0 Å². The first kappa shape index (κ1) is 41.1. The fraction of sp³-hybridized carbons (Fsp3) is 0. The lowest BCUT2D eigenvalue weighted by Crippen LogP contribution is -2.00. The van der Waals surface area contributed by atoms with Crippen LogP contribution in [0.3, 0.4) is 0 Å². The lowest BCUT2D eigenvalue weighted by Gasteiger charge is -2.21. The average Bonchev–Trinajstić information content (AvgIpc) is 3.88. The highest BCUT2D eigenvalue weighted by atomic mass is 16.3. The molecule has 324 valence electrons. The fourth-order valence-corrected chi connectivity index (χ4v) is 9.13. The van der Waals surface area contributed by atoms with E-state index < -0.39 is 0 Å². The van der Waals surface area contributed by atoms with E-state index in [0.717, 1.165) is 83.4 Å². The summed E-state index contributed by atoms with van der Waals surface area (Å²) in [6, 6.07) is 88.8. The Balaban J connectivity index is 1.04. The summed E-state index contributed by atoms with van der Waals surface area (Å²) in [4.78, 5) is 19.9. The van der Waals surface area contributed by atoms with Gasteiger partial charge in [-0.1, -0.05) is 231 Å². The van der Waals surface area contributed by atoms with Crippen molar-refractivity contribution in [3.8, 4) is 112 Å². The number of para-hydroxylation sites is 2. The van der Waals surface area contributed by atoms with Gasteiger partial charge >= 0.3 is 0 Å². The highest BCUT2D eigenvalue weighted by molar-refractivity contribution is 6.02. The lowest BCUT2D eigenvalue weighted by molar-refractivity contribution is 0.620. The zero-order valence-electron chi connectivity index (χ0n) is 37.4. The monoisotopic (exact) mass is 882 g/mol. The third kappa shape index (κ3) is 8.30. The molecular weight excluding hydrogens is 841 g/mol. The van der Waals surface area contributed by atoms with Gasteiger partial charge in [-0.3, -0.25) is 0 Å². The number of hydrogen-bond acceptors (Lipinski definition) is 5. The van der Waals surface area contributed by atoms with E-state index in [2.05, 4.69) is 170 Å². The Hall–Kier alpha value is -9.32. The van der Waals surface area contributed by atoms with Gasteiger partial charge in [0.2, 0.25) is 5.89 Å². The van der Waals surface area contributed by atoms with E-state index in [4.69, 9.17) is 24.4 Å². The van der Waals surface area contributed by atoms with Gasteiger partial charge in [0.05, 0.1) is 0 Å². The van der Waals surface area contributed by atoms with Crippen LogP contribution in [0.15, 0.2) is 259 Å². The molecule has 5 heteroatoms. The molecule has 0 unspecified atom stereocenters. The Morgan fingerprint density at radius 3 is 0.942 bits per heavy atom. The van der Waals surface area contributed by atoms with Crippen LogP contribution in [0.5, 0.6) is 0 Å². The third-order valence-electron chi connectivity index (χ3n) is 12.7. The molecule has 0 aliphatic carbocycles. The Morgan fingerprint density at radius 1 is 0.217 bits per heavy atom. The van der Waals surface area contributed by atoms with Crippen LogP contribution in [0.2, 0.25) is 0 Å². The minimum Gasteiger partial charge on any atom is -0.436 e. The van der Waals surface area contributed by atoms with Crippen molar-refractivity contribution in [1.82, 2.24) is 19.9 Å². The van der Waals surface area contributed by atoms with Crippen LogP contribution in [-0.4, -0.2) is 19.9 Å². The first-order valence-electron chi connectivity index (χ1n) is 23.1. The van der Waals surface area contributed by atoms with Crippen molar-refractivity contribution >= 4 is 11.1 Å². The van der Waals surface area contributed by atoms with Gasteiger partial charge in [0.25, 0.3) is 0 Å². The first-order chi connectivity index (χ1) is 34.2. The van der Waals surface area contributed by atoms with Crippen molar-refractivity contribution in [2.45, 2.75) is 0 Å². The van der Waals surface area contributed by atoms with Crippen molar-refractivity contribution in [3.63, 3.8) is 0 Å². The predicted octanol–water partition coefficient (Wildman–Crippen LogP) is 16.7. The van der Waals surface area contributed by atoms with Crippen LogP contribution in [0.4, 0.5) is 0 Å². The summed E-state index contributed by atoms with van der Waals surface area (Å²) >= 11 is 0. The normalized spacial score (nSPS) is 11.2. The predicted molar refractivity (Wildman–Crippen MR) is 282 cm³/mol. The zero-order chi connectivity index (χ0) is 45.9. The Labute approximate surface area is 400 Å². The molecule has 10 aromatic carbocycles. The third-order valence-corrected chi connectivity index (χ3v) is 12.7. The van der Waals surface area contributed by atoms with E-state index >= 15 is 0 Å². The highest BCUT2D eigenvalue weighted by Crippen LogP contribution is 2.47. The van der Waals surface area contributed by atoms with Crippen LogP contribution in [0.1, 0.15) is 0 Å². The first-order valence-corrected chi connectivity index (χ1v) is 23.1. The summed E-state index contributed by atoms with van der Waals surface area (Å²) in [5.74, 6) is 2.44. The molecule has 0 bridgehead atoms. The second-order valence-corrected chi connectivity index (χ2v) is 17.0. The van der Waals surface area contributed by atoms with E-state index in [0.29, 0.717) is 23.4 Å². The molecule has 12 rings (SSSR count). The summed E-state index contributed by atoms with van der Waals surface area (Å²) in [5.41, 5.74) is 18.7. The highest BCUT2D eigenvalue weighted by Gasteiger charge is 2.21. The molecule has 0 atom stereocenters. The smallest absolute Gasteiger partial charge is 0.227 e. The molecule has 0 fully saturated rings. The molecule has 12 aromatic rings. The molecule has 0 radical (unpaired) electrons. The van der Waals surface area contributed by atoms with E-state index in [1.165, 1.54) is 16.7 Å². The van der Waals surface area contributed by atoms with Gasteiger partial charge in [-0.15, -0.1) is 0 Å². The second-order valence-electron chi connectivity index (χ2n) is 17.0. The van der Waals surface area contributed by atoms with Gasteiger partial charge in [-0.05, 0) is 91.0 Å². The second kappa shape index (κ2) is 18.2. The Bertz CT molecular complexity index is 3610. The van der Waals surface area contributed by atoms with Gasteiger partial charge in [-0.2, -0.15) is 0 Å². The van der Waals surface area contributed by atoms with E-state index in [1.54, 1.807) is 0 Å². The van der Waals surface area contributed by atoms with Crippen molar-refractivity contribution in [1.29, 1.82) is 0 Å². The number of fused-ring (bicyclic) bond motifs is 1. The van der Waals surface area contributed by atoms with Gasteiger partial charge < -0.3 is 4.42 Å². The number of rotatable bonds is 10. The molecule has 5 nitrogen and oxygen atoms in total. The SMILES string of the molecule is c1ccc(-c2ccc(-c3ccc(-c4ccc(-c5ccccc5)cc4)c(-c4ccc(-c5nc6ccccc6o5)cc4)c3-c3ccc(-c4nc(-c5ccccc5)nc(-c5ccccc5)n4)cc3)cc2)cc1. The number of nitrogens with zero attached hydrogens (tertiary/aromatic N) is 4. The molecule has 0 aliphatic heterocycles. The summed E-state index contributed by atoms with van der Waals surface area (Å²) < 4.78 is 6.24. The molecule has 2 heterocycles. The molecule has 0 N–H and O–H groups in total. The quantitative estimate of drug-likeness (QED) is 0.137. The Morgan fingerprint density at radius 2 is 0.522 bits per heavy atom. The summed E-state index contributed by atoms with van der Waals surface area (Å²) in [6.45, 7) is 0. The number of oxazole rings is 1. The number of aromatic nitrogens is 4. The van der Waals surface area contributed by atoms with Gasteiger partial charge in [0.15, 0.2) is 23.1 Å². The molecule has 2 aromatic heterocycles. The van der Waals surface area contributed by atoms with E-state index in [9.17, 15) is 0 Å². The van der Waals surface area contributed by atoms with Gasteiger partial charge in [0.1, 0.15) is 5.52 Å². The lowest BCUT2D eigenvalue weighted by atomic mass is 9.82. The number of benzene rings is 10. The Kier molecular flexibility index (Phi) is 10.8. The fourth-order valence-electron chi connectivity index (χ4n) is 9.13. The topological polar surface area (TPSA) is 64.7 Å². The summed E-state index contributed by atoms with van der Waals surface area (Å²) in [7, 11) is 0. The minimum absolute atomic E-state index is 0.590. The average molecular weight is 883 g/mol. The summed E-state index contributed by atoms with van der Waals surface area (Å²) in [6.07, 6.45) is 0. The molecule has 69 heavy (non-hydrogen) atoms. The van der Waals surface area contributed by atoms with Crippen LogP contribution in [0.25, 0.3) is 123 Å². The van der Waals surface area contributed by atoms with Gasteiger partial charge in [0, 0.05) is 22.3 Å². The molecule has 0 spiro atoms. The molecule has 0 saturated heterocycles.